The number of hydrogen-bond acceptors (Lipinski definition) is 5. The first-order valence-electron chi connectivity index (χ1n) is 6.62. The number of esters is 1. The van der Waals surface area contributed by atoms with Gasteiger partial charge in [0, 0.05) is 18.2 Å². The van der Waals surface area contributed by atoms with E-state index < -0.39 is 5.97 Å². The average Bonchev–Trinajstić information content (AvgIpc) is 2.90. The van der Waals surface area contributed by atoms with Crippen LogP contribution in [-0.2, 0) is 9.47 Å². The minimum atomic E-state index is -0.479. The Morgan fingerprint density at radius 3 is 2.80 bits per heavy atom. The van der Waals surface area contributed by atoms with Gasteiger partial charge < -0.3 is 18.6 Å². The van der Waals surface area contributed by atoms with Crippen LogP contribution in [0.1, 0.15) is 23.4 Å². The Kier molecular flexibility index (Phi) is 3.60. The monoisotopic (exact) mass is 276 g/mol. The van der Waals surface area contributed by atoms with Crippen molar-refractivity contribution in [1.82, 2.24) is 0 Å². The summed E-state index contributed by atoms with van der Waals surface area (Å²) in [6, 6.07) is 7.19. The second-order valence-electron chi connectivity index (χ2n) is 4.73. The van der Waals surface area contributed by atoms with E-state index in [1.165, 1.54) is 7.11 Å². The van der Waals surface area contributed by atoms with Crippen LogP contribution in [0.25, 0.3) is 11.0 Å². The topological polar surface area (TPSA) is 57.9 Å². The molecular weight excluding hydrogens is 260 g/mol. The summed E-state index contributed by atoms with van der Waals surface area (Å²) in [5.74, 6) is 0.500. The zero-order valence-electron chi connectivity index (χ0n) is 11.3. The number of methoxy groups -OCH3 is 1. The Hall–Kier alpha value is -2.01. The molecule has 1 aliphatic rings. The molecule has 0 atom stereocenters. The van der Waals surface area contributed by atoms with Gasteiger partial charge in [0.1, 0.15) is 17.4 Å². The van der Waals surface area contributed by atoms with Gasteiger partial charge in [-0.1, -0.05) is 0 Å². The highest BCUT2D eigenvalue weighted by molar-refractivity contribution is 5.92. The van der Waals surface area contributed by atoms with Gasteiger partial charge in [-0.2, -0.15) is 0 Å². The van der Waals surface area contributed by atoms with Crippen molar-refractivity contribution in [3.8, 4) is 5.75 Å². The first kappa shape index (κ1) is 13.0. The molecule has 5 nitrogen and oxygen atoms in total. The fraction of sp³-hybridized carbons (Fsp3) is 0.400. The molecule has 5 heteroatoms. The molecule has 0 amide bonds. The minimum absolute atomic E-state index is 0.188. The molecule has 1 aromatic heterocycles. The van der Waals surface area contributed by atoms with Crippen LogP contribution in [0.2, 0.25) is 0 Å². The number of benzene rings is 1. The fourth-order valence-electron chi connectivity index (χ4n) is 2.28. The number of carbonyl (C=O) groups is 1. The summed E-state index contributed by atoms with van der Waals surface area (Å²) >= 11 is 0. The molecule has 3 rings (SSSR count). The lowest BCUT2D eigenvalue weighted by molar-refractivity contribution is 0.0256. The number of furan rings is 1. The summed E-state index contributed by atoms with van der Waals surface area (Å²) in [6.45, 7) is 1.48. The van der Waals surface area contributed by atoms with Crippen molar-refractivity contribution >= 4 is 16.9 Å². The molecule has 106 valence electrons. The molecule has 0 saturated carbocycles. The molecule has 2 heterocycles. The normalized spacial score (nSPS) is 16.2. The van der Waals surface area contributed by atoms with Gasteiger partial charge in [0.15, 0.2) is 0 Å². The molecule has 20 heavy (non-hydrogen) atoms. The van der Waals surface area contributed by atoms with Gasteiger partial charge in [0.25, 0.3) is 0 Å². The molecule has 2 aromatic rings. The molecule has 0 radical (unpaired) electrons. The van der Waals surface area contributed by atoms with E-state index in [4.69, 9.17) is 13.9 Å². The standard InChI is InChI=1S/C15H16O5/c1-17-15(16)14-9-10-8-12(2-3-13(10)20-14)19-11-4-6-18-7-5-11/h2-3,8-9,11H,4-7H2,1H3. The van der Waals surface area contributed by atoms with Gasteiger partial charge in [-0.05, 0) is 24.3 Å². The number of ether oxygens (including phenoxy) is 3. The molecule has 0 unspecified atom stereocenters. The maximum Gasteiger partial charge on any atom is 0.373 e. The first-order valence-corrected chi connectivity index (χ1v) is 6.62. The summed E-state index contributed by atoms with van der Waals surface area (Å²) in [6.07, 6.45) is 1.99. The van der Waals surface area contributed by atoms with E-state index in [-0.39, 0.29) is 11.9 Å². The van der Waals surface area contributed by atoms with Crippen molar-refractivity contribution in [2.75, 3.05) is 20.3 Å². The fourth-order valence-corrected chi connectivity index (χ4v) is 2.28. The van der Waals surface area contributed by atoms with Crippen molar-refractivity contribution in [2.24, 2.45) is 0 Å². The number of fused-ring (bicyclic) bond motifs is 1. The lowest BCUT2D eigenvalue weighted by atomic mass is 10.1. The quantitative estimate of drug-likeness (QED) is 0.807. The van der Waals surface area contributed by atoms with Crippen LogP contribution in [-0.4, -0.2) is 32.4 Å². The first-order chi connectivity index (χ1) is 9.76. The minimum Gasteiger partial charge on any atom is -0.490 e. The lowest BCUT2D eigenvalue weighted by Crippen LogP contribution is -2.25. The highest BCUT2D eigenvalue weighted by Gasteiger charge is 2.17. The lowest BCUT2D eigenvalue weighted by Gasteiger charge is -2.23. The van der Waals surface area contributed by atoms with E-state index in [2.05, 4.69) is 4.74 Å². The third-order valence-corrected chi connectivity index (χ3v) is 3.35. The van der Waals surface area contributed by atoms with Crippen LogP contribution in [0.15, 0.2) is 28.7 Å². The van der Waals surface area contributed by atoms with Gasteiger partial charge in [0.05, 0.1) is 20.3 Å². The Morgan fingerprint density at radius 1 is 1.25 bits per heavy atom. The number of hydrogen-bond donors (Lipinski definition) is 0. The smallest absolute Gasteiger partial charge is 0.373 e. The van der Waals surface area contributed by atoms with E-state index in [0.717, 1.165) is 37.2 Å². The van der Waals surface area contributed by atoms with Gasteiger partial charge in [-0.15, -0.1) is 0 Å². The van der Waals surface area contributed by atoms with Crippen molar-refractivity contribution < 1.29 is 23.4 Å². The zero-order valence-corrected chi connectivity index (χ0v) is 11.3. The van der Waals surface area contributed by atoms with E-state index >= 15 is 0 Å². The number of rotatable bonds is 3. The Morgan fingerprint density at radius 2 is 2.05 bits per heavy atom. The third-order valence-electron chi connectivity index (χ3n) is 3.35. The molecule has 0 aliphatic carbocycles. The van der Waals surface area contributed by atoms with Crippen LogP contribution in [0.5, 0.6) is 5.75 Å². The summed E-state index contributed by atoms with van der Waals surface area (Å²) < 4.78 is 21.3. The Labute approximate surface area is 116 Å². The molecule has 1 aromatic carbocycles. The molecule has 1 saturated heterocycles. The summed E-state index contributed by atoms with van der Waals surface area (Å²) in [7, 11) is 1.33. The maximum atomic E-state index is 11.4. The highest BCUT2D eigenvalue weighted by atomic mass is 16.5. The summed E-state index contributed by atoms with van der Waals surface area (Å²) in [4.78, 5) is 11.4. The van der Waals surface area contributed by atoms with E-state index in [1.807, 2.05) is 12.1 Å². The van der Waals surface area contributed by atoms with Crippen molar-refractivity contribution in [2.45, 2.75) is 18.9 Å². The second kappa shape index (κ2) is 5.54. The van der Waals surface area contributed by atoms with Gasteiger partial charge in [-0.25, -0.2) is 4.79 Å². The van der Waals surface area contributed by atoms with Gasteiger partial charge >= 0.3 is 5.97 Å². The zero-order chi connectivity index (χ0) is 13.9. The molecule has 0 N–H and O–H groups in total. The Balaban J connectivity index is 1.80. The molecular formula is C15H16O5. The largest absolute Gasteiger partial charge is 0.490 e. The van der Waals surface area contributed by atoms with E-state index in [9.17, 15) is 4.79 Å². The summed E-state index contributed by atoms with van der Waals surface area (Å²) in [5, 5.41) is 0.829. The number of carbonyl (C=O) groups excluding carboxylic acids is 1. The predicted molar refractivity (Wildman–Crippen MR) is 72.0 cm³/mol. The highest BCUT2D eigenvalue weighted by Crippen LogP contribution is 2.26. The molecule has 0 bridgehead atoms. The molecule has 1 aliphatic heterocycles. The van der Waals surface area contributed by atoms with Crippen molar-refractivity contribution in [3.63, 3.8) is 0 Å². The van der Waals surface area contributed by atoms with Crippen molar-refractivity contribution in [1.29, 1.82) is 0 Å². The van der Waals surface area contributed by atoms with Crippen LogP contribution in [0.3, 0.4) is 0 Å². The van der Waals surface area contributed by atoms with Gasteiger partial charge in [-0.3, -0.25) is 0 Å². The van der Waals surface area contributed by atoms with Gasteiger partial charge in [0.2, 0.25) is 5.76 Å². The molecule has 0 spiro atoms. The SMILES string of the molecule is COC(=O)c1cc2cc(OC3CCOCC3)ccc2o1. The Bertz CT molecular complexity index is 610. The van der Waals surface area contributed by atoms with Crippen LogP contribution in [0.4, 0.5) is 0 Å². The predicted octanol–water partition coefficient (Wildman–Crippen LogP) is 2.78. The van der Waals surface area contributed by atoms with Crippen LogP contribution < -0.4 is 4.74 Å². The van der Waals surface area contributed by atoms with E-state index in [0.29, 0.717) is 5.58 Å². The van der Waals surface area contributed by atoms with Crippen LogP contribution in [0, 0.1) is 0 Å². The molecule has 1 fully saturated rings. The van der Waals surface area contributed by atoms with E-state index in [1.54, 1.807) is 12.1 Å². The van der Waals surface area contributed by atoms with Crippen LogP contribution >= 0.6 is 0 Å². The van der Waals surface area contributed by atoms with Crippen molar-refractivity contribution in [3.05, 3.63) is 30.0 Å². The summed E-state index contributed by atoms with van der Waals surface area (Å²) in [5.41, 5.74) is 0.643. The average molecular weight is 276 g/mol. The maximum absolute atomic E-state index is 11.4. The second-order valence-corrected chi connectivity index (χ2v) is 4.73. The third kappa shape index (κ3) is 2.63.